The third-order valence-corrected chi connectivity index (χ3v) is 5.55. The summed E-state index contributed by atoms with van der Waals surface area (Å²) in [5.41, 5.74) is 1.53. The summed E-state index contributed by atoms with van der Waals surface area (Å²) in [5.74, 6) is -2.50. The van der Waals surface area contributed by atoms with Crippen LogP contribution in [-0.2, 0) is 21.4 Å². The fourth-order valence-corrected chi connectivity index (χ4v) is 3.72. The molecular formula is C20H25F2N3O3S. The largest absolute Gasteiger partial charge is 0.372 e. The van der Waals surface area contributed by atoms with Crippen LogP contribution in [0.3, 0.4) is 0 Å². The number of carbonyl (C=O) groups is 1. The van der Waals surface area contributed by atoms with E-state index in [-0.39, 0.29) is 12.2 Å². The normalized spacial score (nSPS) is 11.2. The van der Waals surface area contributed by atoms with Crippen LogP contribution in [0.25, 0.3) is 0 Å². The summed E-state index contributed by atoms with van der Waals surface area (Å²) in [7, 11) is -3.95. The van der Waals surface area contributed by atoms with Crippen molar-refractivity contribution < 1.29 is 22.0 Å². The molecule has 0 bridgehead atoms. The van der Waals surface area contributed by atoms with Gasteiger partial charge in [-0.15, -0.1) is 0 Å². The van der Waals surface area contributed by atoms with Gasteiger partial charge in [0.05, 0.1) is 11.9 Å². The Morgan fingerprint density at radius 3 is 2.17 bits per heavy atom. The quantitative estimate of drug-likeness (QED) is 0.671. The van der Waals surface area contributed by atoms with Crippen molar-refractivity contribution in [1.82, 2.24) is 5.32 Å². The molecule has 0 fully saturated rings. The highest BCUT2D eigenvalue weighted by molar-refractivity contribution is 7.92. The standard InChI is InChI=1S/C20H25F2N3O3S/c1-4-24(5-2)17-9-6-15(7-10-17)13-23-20(26)14-25(29(3,27)28)19-11-8-16(21)12-18(19)22/h6-12H,4-5,13-14H2,1-3H3,(H,23,26). The Morgan fingerprint density at radius 2 is 1.66 bits per heavy atom. The Kier molecular flexibility index (Phi) is 7.55. The molecule has 1 N–H and O–H groups in total. The minimum absolute atomic E-state index is 0.195. The molecule has 9 heteroatoms. The van der Waals surface area contributed by atoms with Crippen molar-refractivity contribution in [3.8, 4) is 0 Å². The SMILES string of the molecule is CCN(CC)c1ccc(CNC(=O)CN(c2ccc(F)cc2F)S(C)(=O)=O)cc1. The van der Waals surface area contributed by atoms with Crippen LogP contribution in [-0.4, -0.2) is 40.2 Å². The first-order chi connectivity index (χ1) is 13.7. The van der Waals surface area contributed by atoms with Crippen molar-refractivity contribution in [3.63, 3.8) is 0 Å². The highest BCUT2D eigenvalue weighted by atomic mass is 32.2. The summed E-state index contributed by atoms with van der Waals surface area (Å²) >= 11 is 0. The van der Waals surface area contributed by atoms with E-state index < -0.39 is 34.1 Å². The number of nitrogens with one attached hydrogen (secondary N) is 1. The van der Waals surface area contributed by atoms with Crippen LogP contribution in [0.5, 0.6) is 0 Å². The Bertz CT molecular complexity index is 946. The van der Waals surface area contributed by atoms with Gasteiger partial charge in [0, 0.05) is 31.4 Å². The van der Waals surface area contributed by atoms with E-state index in [0.717, 1.165) is 42.7 Å². The molecule has 0 saturated heterocycles. The van der Waals surface area contributed by atoms with E-state index in [1.54, 1.807) is 0 Å². The van der Waals surface area contributed by atoms with E-state index in [9.17, 15) is 22.0 Å². The van der Waals surface area contributed by atoms with Gasteiger partial charge in [0.15, 0.2) is 0 Å². The van der Waals surface area contributed by atoms with Crippen molar-refractivity contribution >= 4 is 27.3 Å². The molecule has 0 aliphatic rings. The molecule has 0 spiro atoms. The maximum Gasteiger partial charge on any atom is 0.241 e. The topological polar surface area (TPSA) is 69.7 Å². The minimum Gasteiger partial charge on any atom is -0.372 e. The van der Waals surface area contributed by atoms with Crippen LogP contribution in [0.1, 0.15) is 19.4 Å². The smallest absolute Gasteiger partial charge is 0.241 e. The number of rotatable bonds is 9. The fourth-order valence-electron chi connectivity index (χ4n) is 2.86. The summed E-state index contributed by atoms with van der Waals surface area (Å²) in [4.78, 5) is 14.5. The number of amides is 1. The molecule has 0 aliphatic carbocycles. The Morgan fingerprint density at radius 1 is 1.03 bits per heavy atom. The summed E-state index contributed by atoms with van der Waals surface area (Å²) < 4.78 is 51.8. The molecule has 2 rings (SSSR count). The van der Waals surface area contributed by atoms with E-state index in [4.69, 9.17) is 0 Å². The van der Waals surface area contributed by atoms with E-state index in [0.29, 0.717) is 10.4 Å². The summed E-state index contributed by atoms with van der Waals surface area (Å²) in [6.07, 6.45) is 0.856. The third-order valence-electron chi connectivity index (χ3n) is 4.42. The number of benzene rings is 2. The Labute approximate surface area is 170 Å². The van der Waals surface area contributed by atoms with Gasteiger partial charge in [-0.2, -0.15) is 0 Å². The minimum atomic E-state index is -3.95. The molecule has 0 aromatic heterocycles. The molecule has 0 aliphatic heterocycles. The lowest BCUT2D eigenvalue weighted by Crippen LogP contribution is -2.40. The van der Waals surface area contributed by atoms with Crippen molar-refractivity contribution in [2.75, 3.05) is 35.1 Å². The van der Waals surface area contributed by atoms with E-state index in [2.05, 4.69) is 24.1 Å². The maximum absolute atomic E-state index is 14.0. The van der Waals surface area contributed by atoms with Gasteiger partial charge in [-0.3, -0.25) is 9.10 Å². The summed E-state index contributed by atoms with van der Waals surface area (Å²) in [6.45, 7) is 5.48. The lowest BCUT2D eigenvalue weighted by Gasteiger charge is -2.22. The third kappa shape index (κ3) is 6.15. The highest BCUT2D eigenvalue weighted by Crippen LogP contribution is 2.22. The molecule has 0 heterocycles. The second kappa shape index (κ2) is 9.69. The van der Waals surface area contributed by atoms with Gasteiger partial charge in [0.2, 0.25) is 15.9 Å². The van der Waals surface area contributed by atoms with Gasteiger partial charge in [-0.05, 0) is 43.7 Å². The highest BCUT2D eigenvalue weighted by Gasteiger charge is 2.23. The van der Waals surface area contributed by atoms with Gasteiger partial charge in [0.1, 0.15) is 18.2 Å². The first kappa shape index (κ1) is 22.6. The van der Waals surface area contributed by atoms with Gasteiger partial charge in [0.25, 0.3) is 0 Å². The Balaban J connectivity index is 2.05. The molecule has 2 aromatic carbocycles. The Hall–Kier alpha value is -2.68. The van der Waals surface area contributed by atoms with Crippen molar-refractivity contribution in [3.05, 3.63) is 59.7 Å². The molecule has 2 aromatic rings. The molecule has 158 valence electrons. The van der Waals surface area contributed by atoms with Crippen molar-refractivity contribution in [2.24, 2.45) is 0 Å². The molecule has 0 radical (unpaired) electrons. The predicted octanol–water partition coefficient (Wildman–Crippen LogP) is 2.89. The number of carbonyl (C=O) groups excluding carboxylic acids is 1. The molecule has 0 atom stereocenters. The number of halogens is 2. The van der Waals surface area contributed by atoms with Gasteiger partial charge < -0.3 is 10.2 Å². The van der Waals surface area contributed by atoms with Crippen LogP contribution in [0.4, 0.5) is 20.2 Å². The van der Waals surface area contributed by atoms with Crippen molar-refractivity contribution in [2.45, 2.75) is 20.4 Å². The van der Waals surface area contributed by atoms with E-state index in [1.807, 2.05) is 24.3 Å². The maximum atomic E-state index is 14.0. The summed E-state index contributed by atoms with van der Waals surface area (Å²) in [6, 6.07) is 10.2. The van der Waals surface area contributed by atoms with Gasteiger partial charge in [-0.1, -0.05) is 12.1 Å². The first-order valence-corrected chi connectivity index (χ1v) is 11.0. The number of sulfonamides is 1. The van der Waals surface area contributed by atoms with Crippen LogP contribution in [0, 0.1) is 11.6 Å². The lowest BCUT2D eigenvalue weighted by molar-refractivity contribution is -0.119. The average Bonchev–Trinajstić information content (AvgIpc) is 2.66. The zero-order valence-corrected chi connectivity index (χ0v) is 17.5. The van der Waals surface area contributed by atoms with Crippen LogP contribution >= 0.6 is 0 Å². The predicted molar refractivity (Wildman–Crippen MR) is 110 cm³/mol. The second-order valence-corrected chi connectivity index (χ2v) is 8.39. The van der Waals surface area contributed by atoms with Gasteiger partial charge >= 0.3 is 0 Å². The zero-order valence-electron chi connectivity index (χ0n) is 16.7. The average molecular weight is 426 g/mol. The summed E-state index contributed by atoms with van der Waals surface area (Å²) in [5, 5.41) is 2.62. The first-order valence-electron chi connectivity index (χ1n) is 9.19. The molecule has 1 amide bonds. The van der Waals surface area contributed by atoms with E-state index in [1.165, 1.54) is 0 Å². The molecule has 29 heavy (non-hydrogen) atoms. The molecular weight excluding hydrogens is 400 g/mol. The molecule has 0 unspecified atom stereocenters. The van der Waals surface area contributed by atoms with Crippen molar-refractivity contribution in [1.29, 1.82) is 0 Å². The monoisotopic (exact) mass is 425 g/mol. The molecule has 0 saturated carbocycles. The number of nitrogens with zero attached hydrogens (tertiary/aromatic N) is 2. The van der Waals surface area contributed by atoms with E-state index >= 15 is 0 Å². The number of hydrogen-bond donors (Lipinski definition) is 1. The number of hydrogen-bond acceptors (Lipinski definition) is 4. The molecule has 6 nitrogen and oxygen atoms in total. The van der Waals surface area contributed by atoms with Crippen LogP contribution in [0.15, 0.2) is 42.5 Å². The zero-order chi connectivity index (χ0) is 21.6. The van der Waals surface area contributed by atoms with Gasteiger partial charge in [-0.25, -0.2) is 17.2 Å². The van der Waals surface area contributed by atoms with Crippen LogP contribution < -0.4 is 14.5 Å². The van der Waals surface area contributed by atoms with Crippen LogP contribution in [0.2, 0.25) is 0 Å². The lowest BCUT2D eigenvalue weighted by atomic mass is 10.2. The fraction of sp³-hybridized carbons (Fsp3) is 0.350. The second-order valence-electron chi connectivity index (χ2n) is 6.48. The number of anilines is 2.